The van der Waals surface area contributed by atoms with Gasteiger partial charge in [-0.05, 0) is 61.2 Å². The number of carbonyl (C=O) groups excluding carboxylic acids is 3. The van der Waals surface area contributed by atoms with Gasteiger partial charge in [-0.2, -0.15) is 5.26 Å². The van der Waals surface area contributed by atoms with E-state index < -0.39 is 17.4 Å². The van der Waals surface area contributed by atoms with Gasteiger partial charge in [0.2, 0.25) is 0 Å². The molecule has 2 saturated heterocycles. The first-order valence-electron chi connectivity index (χ1n) is 10.1. The summed E-state index contributed by atoms with van der Waals surface area (Å²) in [5.41, 5.74) is 0.505. The molecular formula is C23H21FN4O3. The van der Waals surface area contributed by atoms with Gasteiger partial charge in [0.05, 0.1) is 18.2 Å². The number of nitriles is 1. The van der Waals surface area contributed by atoms with Crippen LogP contribution in [0.5, 0.6) is 0 Å². The van der Waals surface area contributed by atoms with Gasteiger partial charge in [-0.1, -0.05) is 12.1 Å². The lowest BCUT2D eigenvalue weighted by molar-refractivity contribution is -0.132. The molecule has 7 nitrogen and oxygen atoms in total. The zero-order valence-electron chi connectivity index (χ0n) is 16.8. The predicted molar refractivity (Wildman–Crippen MR) is 109 cm³/mol. The van der Waals surface area contributed by atoms with Gasteiger partial charge in [-0.15, -0.1) is 0 Å². The average Bonchev–Trinajstić information content (AvgIpc) is 2.91. The quantitative estimate of drug-likeness (QED) is 0.773. The number of nitrogens with zero attached hydrogens (tertiary/aromatic N) is 3. The van der Waals surface area contributed by atoms with Gasteiger partial charge in [0.25, 0.3) is 11.8 Å². The summed E-state index contributed by atoms with van der Waals surface area (Å²) < 4.78 is 13.1. The Bertz CT molecular complexity index is 1080. The smallest absolute Gasteiger partial charge is 0.325 e. The van der Waals surface area contributed by atoms with Gasteiger partial charge in [-0.25, -0.2) is 9.18 Å². The Hall–Kier alpha value is -3.73. The van der Waals surface area contributed by atoms with Crippen LogP contribution in [0.1, 0.15) is 40.7 Å². The molecule has 0 saturated carbocycles. The molecule has 4 amide bonds. The summed E-state index contributed by atoms with van der Waals surface area (Å²) in [4.78, 5) is 41.4. The average molecular weight is 420 g/mol. The van der Waals surface area contributed by atoms with E-state index in [-0.39, 0.29) is 18.4 Å². The lowest BCUT2D eigenvalue weighted by atomic mass is 9.90. The van der Waals surface area contributed by atoms with E-state index in [1.165, 1.54) is 29.2 Å². The number of imide groups is 1. The van der Waals surface area contributed by atoms with Crippen LogP contribution in [0.25, 0.3) is 0 Å². The number of benzene rings is 2. The molecule has 2 aromatic carbocycles. The van der Waals surface area contributed by atoms with Crippen molar-refractivity contribution in [1.82, 2.24) is 15.1 Å². The maximum Gasteiger partial charge on any atom is 0.325 e. The van der Waals surface area contributed by atoms with Gasteiger partial charge < -0.3 is 10.2 Å². The predicted octanol–water partition coefficient (Wildman–Crippen LogP) is 2.81. The number of hydrogen-bond acceptors (Lipinski definition) is 4. The fourth-order valence-corrected chi connectivity index (χ4v) is 4.19. The van der Waals surface area contributed by atoms with Crippen molar-refractivity contribution < 1.29 is 18.8 Å². The summed E-state index contributed by atoms with van der Waals surface area (Å²) >= 11 is 0. The first-order valence-corrected chi connectivity index (χ1v) is 10.1. The van der Waals surface area contributed by atoms with E-state index in [0.29, 0.717) is 49.0 Å². The fraction of sp³-hybridized carbons (Fsp3) is 0.304. The minimum absolute atomic E-state index is 0.0835. The number of carbonyl (C=O) groups is 3. The van der Waals surface area contributed by atoms with Crippen LogP contribution in [0, 0.1) is 17.1 Å². The van der Waals surface area contributed by atoms with Crippen LogP contribution >= 0.6 is 0 Å². The standard InChI is InChI=1S/C23H21FN4O3/c24-19-7-5-18(6-8-19)20(29)27-11-2-9-23(10-12-27)21(30)28(22(31)26-23)15-17-4-1-3-16(13-17)14-25/h1,3-8,13H,2,9-12,15H2,(H,26,31). The van der Waals surface area contributed by atoms with Crippen molar-refractivity contribution in [3.63, 3.8) is 0 Å². The maximum atomic E-state index is 13.2. The SMILES string of the molecule is N#Cc1cccc(CN2C(=O)NC3(CCCN(C(=O)c4ccc(F)cc4)CC3)C2=O)c1. The third kappa shape index (κ3) is 3.99. The first kappa shape index (κ1) is 20.5. The van der Waals surface area contributed by atoms with E-state index in [1.807, 2.05) is 6.07 Å². The number of halogens is 1. The van der Waals surface area contributed by atoms with Gasteiger partial charge in [0.1, 0.15) is 11.4 Å². The molecule has 2 aliphatic rings. The largest absolute Gasteiger partial charge is 0.339 e. The van der Waals surface area contributed by atoms with Crippen LogP contribution < -0.4 is 5.32 Å². The number of rotatable bonds is 3. The molecule has 2 aromatic rings. The van der Waals surface area contributed by atoms with E-state index in [2.05, 4.69) is 5.32 Å². The van der Waals surface area contributed by atoms with Crippen LogP contribution in [-0.4, -0.2) is 46.3 Å². The minimum Gasteiger partial charge on any atom is -0.339 e. The highest BCUT2D eigenvalue weighted by atomic mass is 19.1. The Morgan fingerprint density at radius 2 is 1.90 bits per heavy atom. The number of amides is 4. The van der Waals surface area contributed by atoms with Crippen molar-refractivity contribution in [3.8, 4) is 6.07 Å². The molecule has 1 unspecified atom stereocenters. The molecule has 0 aromatic heterocycles. The third-order valence-electron chi connectivity index (χ3n) is 5.86. The Labute approximate surface area is 179 Å². The second-order valence-electron chi connectivity index (χ2n) is 7.87. The molecule has 1 atom stereocenters. The van der Waals surface area contributed by atoms with Crippen LogP contribution in [0.2, 0.25) is 0 Å². The highest BCUT2D eigenvalue weighted by Crippen LogP contribution is 2.31. The molecule has 2 heterocycles. The second kappa shape index (κ2) is 8.19. The Morgan fingerprint density at radius 3 is 2.65 bits per heavy atom. The maximum absolute atomic E-state index is 13.2. The van der Waals surface area contributed by atoms with Gasteiger partial charge in [-0.3, -0.25) is 14.5 Å². The summed E-state index contributed by atoms with van der Waals surface area (Å²) in [6.45, 7) is 0.839. The van der Waals surface area contributed by atoms with Crippen molar-refractivity contribution in [1.29, 1.82) is 5.26 Å². The number of hydrogen-bond donors (Lipinski definition) is 1. The molecule has 4 rings (SSSR count). The molecule has 0 aliphatic carbocycles. The summed E-state index contributed by atoms with van der Waals surface area (Å²) in [7, 11) is 0. The van der Waals surface area contributed by atoms with Crippen molar-refractivity contribution in [2.24, 2.45) is 0 Å². The highest BCUT2D eigenvalue weighted by Gasteiger charge is 2.51. The van der Waals surface area contributed by atoms with Gasteiger partial charge in [0, 0.05) is 18.7 Å². The number of nitrogens with one attached hydrogen (secondary N) is 1. The van der Waals surface area contributed by atoms with Crippen molar-refractivity contribution in [2.45, 2.75) is 31.3 Å². The third-order valence-corrected chi connectivity index (χ3v) is 5.86. The number of urea groups is 1. The Morgan fingerprint density at radius 1 is 1.13 bits per heavy atom. The van der Waals surface area contributed by atoms with Crippen LogP contribution in [-0.2, 0) is 11.3 Å². The highest BCUT2D eigenvalue weighted by molar-refractivity contribution is 6.07. The Kier molecular flexibility index (Phi) is 5.42. The monoisotopic (exact) mass is 420 g/mol. The second-order valence-corrected chi connectivity index (χ2v) is 7.87. The summed E-state index contributed by atoms with van der Waals surface area (Å²) in [5.74, 6) is -0.944. The molecule has 8 heteroatoms. The molecule has 1 spiro atoms. The minimum atomic E-state index is -1.04. The van der Waals surface area contributed by atoms with E-state index in [1.54, 1.807) is 29.2 Å². The molecule has 0 bridgehead atoms. The van der Waals surface area contributed by atoms with E-state index in [9.17, 15) is 18.8 Å². The molecule has 31 heavy (non-hydrogen) atoms. The van der Waals surface area contributed by atoms with Gasteiger partial charge in [0.15, 0.2) is 0 Å². The van der Waals surface area contributed by atoms with Crippen molar-refractivity contribution in [3.05, 3.63) is 71.0 Å². The van der Waals surface area contributed by atoms with Crippen molar-refractivity contribution in [2.75, 3.05) is 13.1 Å². The lowest BCUT2D eigenvalue weighted by Crippen LogP contribution is -2.47. The van der Waals surface area contributed by atoms with E-state index in [0.717, 1.165) is 0 Å². The normalized spacial score (nSPS) is 21.0. The fourth-order valence-electron chi connectivity index (χ4n) is 4.19. The van der Waals surface area contributed by atoms with Gasteiger partial charge >= 0.3 is 6.03 Å². The molecule has 1 N–H and O–H groups in total. The zero-order chi connectivity index (χ0) is 22.0. The molecule has 158 valence electrons. The molecule has 2 fully saturated rings. The van der Waals surface area contributed by atoms with Crippen LogP contribution in [0.15, 0.2) is 48.5 Å². The Balaban J connectivity index is 1.47. The number of likely N-dealkylation sites (tertiary alicyclic amines) is 1. The molecule has 2 aliphatic heterocycles. The first-order chi connectivity index (χ1) is 14.9. The lowest BCUT2D eigenvalue weighted by Gasteiger charge is -2.25. The van der Waals surface area contributed by atoms with E-state index in [4.69, 9.17) is 5.26 Å². The summed E-state index contributed by atoms with van der Waals surface area (Å²) in [5, 5.41) is 11.9. The topological polar surface area (TPSA) is 93.5 Å². The van der Waals surface area contributed by atoms with Crippen LogP contribution in [0.3, 0.4) is 0 Å². The zero-order valence-corrected chi connectivity index (χ0v) is 16.8. The summed E-state index contributed by atoms with van der Waals surface area (Å²) in [6.07, 6.45) is 1.29. The summed E-state index contributed by atoms with van der Waals surface area (Å²) in [6, 6.07) is 13.7. The molecular weight excluding hydrogens is 399 g/mol. The molecule has 0 radical (unpaired) electrons. The van der Waals surface area contributed by atoms with Crippen LogP contribution in [0.4, 0.5) is 9.18 Å². The van der Waals surface area contributed by atoms with E-state index >= 15 is 0 Å². The van der Waals surface area contributed by atoms with Crippen molar-refractivity contribution >= 4 is 17.8 Å².